The predicted octanol–water partition coefficient (Wildman–Crippen LogP) is 4.63. The van der Waals surface area contributed by atoms with Gasteiger partial charge in [-0.05, 0) is 43.9 Å². The van der Waals surface area contributed by atoms with E-state index in [4.69, 9.17) is 4.74 Å². The second-order valence-electron chi connectivity index (χ2n) is 6.12. The van der Waals surface area contributed by atoms with Gasteiger partial charge in [-0.2, -0.15) is 13.9 Å². The Kier molecular flexibility index (Phi) is 5.34. The van der Waals surface area contributed by atoms with Crippen LogP contribution in [0, 0.1) is 0 Å². The number of hydrogen-bond acceptors (Lipinski definition) is 7. The topological polar surface area (TPSA) is 68.6 Å². The molecule has 0 fully saturated rings. The zero-order valence-electron chi connectivity index (χ0n) is 15.1. The molecule has 3 aromatic rings. The van der Waals surface area contributed by atoms with Crippen molar-refractivity contribution in [2.24, 2.45) is 5.10 Å². The molecule has 1 N–H and O–H groups in total. The van der Waals surface area contributed by atoms with Crippen LogP contribution in [0.5, 0.6) is 11.5 Å². The first-order valence-corrected chi connectivity index (χ1v) is 9.74. The normalized spacial score (nSPS) is 13.4. The number of ether oxygens (including phenoxy) is 2. The summed E-state index contributed by atoms with van der Waals surface area (Å²) in [5.41, 5.74) is 4.58. The first-order chi connectivity index (χ1) is 13.7. The van der Waals surface area contributed by atoms with E-state index in [-0.39, 0.29) is 11.5 Å². The van der Waals surface area contributed by atoms with Gasteiger partial charge in [0.05, 0.1) is 18.2 Å². The summed E-state index contributed by atoms with van der Waals surface area (Å²) in [6.07, 6.45) is 6.11. The SMILES string of the molecule is CCOc1cccc(/C=N\Nc2ncnc3sc4c(c23)CCC4)c1OC(F)F. The number of nitrogens with one attached hydrogen (secondary N) is 1. The monoisotopic (exact) mass is 404 g/mol. The highest BCUT2D eigenvalue weighted by molar-refractivity contribution is 7.19. The van der Waals surface area contributed by atoms with Crippen LogP contribution in [0.3, 0.4) is 0 Å². The molecule has 0 unspecified atom stereocenters. The Morgan fingerprint density at radius 3 is 3.04 bits per heavy atom. The Labute approximate surface area is 164 Å². The number of aryl methyl sites for hydroxylation is 2. The molecule has 1 aliphatic carbocycles. The van der Waals surface area contributed by atoms with Crippen molar-refractivity contribution in [2.45, 2.75) is 32.8 Å². The third-order valence-electron chi connectivity index (χ3n) is 4.39. The van der Waals surface area contributed by atoms with Crippen LogP contribution < -0.4 is 14.9 Å². The standard InChI is InChI=1S/C19H18F2N4O2S/c1-2-26-13-7-3-5-11(16(13)27-19(20)21)9-24-25-17-15-12-6-4-8-14(12)28-18(15)23-10-22-17/h3,5,7,9-10,19H,2,4,6,8H2,1H3,(H,22,23,25)/b24-9-. The van der Waals surface area contributed by atoms with E-state index in [1.165, 1.54) is 23.0 Å². The second kappa shape index (κ2) is 8.05. The number of benzene rings is 1. The van der Waals surface area contributed by atoms with Crippen LogP contribution in [0.15, 0.2) is 29.6 Å². The van der Waals surface area contributed by atoms with Crippen LogP contribution >= 0.6 is 11.3 Å². The summed E-state index contributed by atoms with van der Waals surface area (Å²) in [6.45, 7) is -0.856. The molecular formula is C19H18F2N4O2S. The van der Waals surface area contributed by atoms with E-state index in [1.54, 1.807) is 36.5 Å². The van der Waals surface area contributed by atoms with Crippen LogP contribution in [-0.2, 0) is 12.8 Å². The average molecular weight is 404 g/mol. The largest absolute Gasteiger partial charge is 0.490 e. The lowest BCUT2D eigenvalue weighted by Gasteiger charge is -2.13. The molecule has 0 spiro atoms. The first kappa shape index (κ1) is 18.5. The molecule has 0 saturated heterocycles. The molecule has 0 radical (unpaired) electrons. The van der Waals surface area contributed by atoms with Gasteiger partial charge in [-0.3, -0.25) is 5.43 Å². The fourth-order valence-corrected chi connectivity index (χ4v) is 4.52. The van der Waals surface area contributed by atoms with Crippen LogP contribution in [0.1, 0.15) is 29.3 Å². The number of nitrogens with zero attached hydrogens (tertiary/aromatic N) is 3. The Balaban J connectivity index is 1.62. The van der Waals surface area contributed by atoms with E-state index in [0.717, 1.165) is 29.5 Å². The minimum Gasteiger partial charge on any atom is -0.490 e. The molecule has 1 aromatic carbocycles. The van der Waals surface area contributed by atoms with Gasteiger partial charge in [-0.15, -0.1) is 11.3 Å². The van der Waals surface area contributed by atoms with E-state index in [2.05, 4.69) is 25.2 Å². The van der Waals surface area contributed by atoms with Crippen LogP contribution in [0.2, 0.25) is 0 Å². The number of rotatable bonds is 7. The number of halogens is 2. The van der Waals surface area contributed by atoms with Crippen molar-refractivity contribution in [3.63, 3.8) is 0 Å². The van der Waals surface area contributed by atoms with E-state index >= 15 is 0 Å². The lowest BCUT2D eigenvalue weighted by molar-refractivity contribution is -0.0515. The Bertz CT molecular complexity index is 1020. The number of fused-ring (bicyclic) bond motifs is 3. The highest BCUT2D eigenvalue weighted by Gasteiger charge is 2.21. The molecule has 0 amide bonds. The summed E-state index contributed by atoms with van der Waals surface area (Å²) in [7, 11) is 0. The van der Waals surface area contributed by atoms with Crippen molar-refractivity contribution in [1.29, 1.82) is 0 Å². The van der Waals surface area contributed by atoms with Gasteiger partial charge in [0.1, 0.15) is 11.2 Å². The van der Waals surface area contributed by atoms with Crippen LogP contribution in [0.25, 0.3) is 10.2 Å². The predicted molar refractivity (Wildman–Crippen MR) is 105 cm³/mol. The summed E-state index contributed by atoms with van der Waals surface area (Å²) < 4.78 is 35.7. The number of aromatic nitrogens is 2. The summed E-state index contributed by atoms with van der Waals surface area (Å²) in [6, 6.07) is 4.90. The van der Waals surface area contributed by atoms with Crippen molar-refractivity contribution in [3.05, 3.63) is 40.5 Å². The van der Waals surface area contributed by atoms with E-state index in [9.17, 15) is 8.78 Å². The molecule has 6 nitrogen and oxygen atoms in total. The van der Waals surface area contributed by atoms with Gasteiger partial charge in [-0.25, -0.2) is 9.97 Å². The smallest absolute Gasteiger partial charge is 0.387 e. The third kappa shape index (κ3) is 3.62. The zero-order valence-corrected chi connectivity index (χ0v) is 15.9. The molecule has 1 aliphatic rings. The highest BCUT2D eigenvalue weighted by atomic mass is 32.1. The van der Waals surface area contributed by atoms with Gasteiger partial charge in [-0.1, -0.05) is 6.07 Å². The van der Waals surface area contributed by atoms with Crippen molar-refractivity contribution in [1.82, 2.24) is 9.97 Å². The average Bonchev–Trinajstić information content (AvgIpc) is 3.25. The lowest BCUT2D eigenvalue weighted by Crippen LogP contribution is -2.07. The summed E-state index contributed by atoms with van der Waals surface area (Å²) >= 11 is 1.68. The summed E-state index contributed by atoms with van der Waals surface area (Å²) in [5.74, 6) is 0.805. The van der Waals surface area contributed by atoms with Crippen molar-refractivity contribution in [2.75, 3.05) is 12.0 Å². The van der Waals surface area contributed by atoms with E-state index < -0.39 is 6.61 Å². The number of para-hydroxylation sites is 1. The van der Waals surface area contributed by atoms with Gasteiger partial charge in [0.2, 0.25) is 0 Å². The molecule has 0 saturated carbocycles. The second-order valence-corrected chi connectivity index (χ2v) is 7.20. The number of anilines is 1. The highest BCUT2D eigenvalue weighted by Crippen LogP contribution is 2.39. The van der Waals surface area contributed by atoms with Crippen molar-refractivity contribution < 1.29 is 18.3 Å². The number of hydrazone groups is 1. The van der Waals surface area contributed by atoms with E-state index in [0.29, 0.717) is 18.0 Å². The molecule has 0 atom stereocenters. The number of thiophene rings is 1. The van der Waals surface area contributed by atoms with E-state index in [1.807, 2.05) is 0 Å². The maximum atomic E-state index is 12.8. The van der Waals surface area contributed by atoms with Crippen LogP contribution in [-0.4, -0.2) is 29.4 Å². The molecule has 4 rings (SSSR count). The molecule has 2 aromatic heterocycles. The fourth-order valence-electron chi connectivity index (χ4n) is 3.30. The van der Waals surface area contributed by atoms with Gasteiger partial charge in [0.25, 0.3) is 0 Å². The molecule has 9 heteroatoms. The fraction of sp³-hybridized carbons (Fsp3) is 0.316. The summed E-state index contributed by atoms with van der Waals surface area (Å²) in [5, 5.41) is 5.19. The molecule has 0 bridgehead atoms. The quantitative estimate of drug-likeness (QED) is 0.459. The Hall–Kier alpha value is -2.81. The Morgan fingerprint density at radius 1 is 1.32 bits per heavy atom. The number of alkyl halides is 2. The molecule has 146 valence electrons. The summed E-state index contributed by atoms with van der Waals surface area (Å²) in [4.78, 5) is 10.9. The Morgan fingerprint density at radius 2 is 2.21 bits per heavy atom. The minimum atomic E-state index is -2.96. The first-order valence-electron chi connectivity index (χ1n) is 8.92. The lowest BCUT2D eigenvalue weighted by atomic mass is 10.2. The van der Waals surface area contributed by atoms with Crippen LogP contribution in [0.4, 0.5) is 14.6 Å². The van der Waals surface area contributed by atoms with Crippen molar-refractivity contribution >= 4 is 33.6 Å². The minimum absolute atomic E-state index is 0.0471. The van der Waals surface area contributed by atoms with Gasteiger partial charge in [0.15, 0.2) is 17.3 Å². The maximum absolute atomic E-state index is 12.8. The zero-order chi connectivity index (χ0) is 19.5. The molecular weight excluding hydrogens is 386 g/mol. The number of hydrogen-bond donors (Lipinski definition) is 1. The van der Waals surface area contributed by atoms with Crippen molar-refractivity contribution in [3.8, 4) is 11.5 Å². The molecule has 0 aliphatic heterocycles. The van der Waals surface area contributed by atoms with Gasteiger partial charge >= 0.3 is 6.61 Å². The van der Waals surface area contributed by atoms with Gasteiger partial charge in [0, 0.05) is 10.4 Å². The van der Waals surface area contributed by atoms with Gasteiger partial charge < -0.3 is 9.47 Å². The third-order valence-corrected chi connectivity index (χ3v) is 5.59. The maximum Gasteiger partial charge on any atom is 0.387 e. The molecule has 28 heavy (non-hydrogen) atoms. The molecule has 2 heterocycles.